The Bertz CT molecular complexity index is 605. The van der Waals surface area contributed by atoms with Crippen molar-refractivity contribution in [1.82, 2.24) is 0 Å². The van der Waals surface area contributed by atoms with Gasteiger partial charge >= 0.3 is 6.18 Å². The largest absolute Gasteiger partial charge is 0.449 e. The maximum absolute atomic E-state index is 13.1. The zero-order chi connectivity index (χ0) is 14.4. The average Bonchev–Trinajstić information content (AvgIpc) is 2.64. The smallest absolute Gasteiger partial charge is 0.421 e. The highest BCUT2D eigenvalue weighted by atomic mass is 32.2. The van der Waals surface area contributed by atoms with Gasteiger partial charge in [0.15, 0.2) is 5.09 Å². The Morgan fingerprint density at radius 3 is 2.21 bits per heavy atom. The fourth-order valence-corrected chi connectivity index (χ4v) is 2.56. The highest BCUT2D eigenvalue weighted by Crippen LogP contribution is 2.43. The summed E-state index contributed by atoms with van der Waals surface area (Å²) in [6.45, 7) is 6.03. The average molecular weight is 288 g/mol. The maximum Gasteiger partial charge on any atom is 0.421 e. The molecule has 0 saturated heterocycles. The summed E-state index contributed by atoms with van der Waals surface area (Å²) < 4.78 is 44.5. The number of fused-ring (bicyclic) bond motifs is 1. The van der Waals surface area contributed by atoms with Crippen LogP contribution in [0.1, 0.15) is 31.9 Å². The van der Waals surface area contributed by atoms with Crippen LogP contribution in [0, 0.1) is 0 Å². The zero-order valence-electron chi connectivity index (χ0n) is 11.2. The molecule has 0 saturated carbocycles. The first-order valence-electron chi connectivity index (χ1n) is 5.83. The van der Waals surface area contributed by atoms with Crippen LogP contribution in [-0.4, -0.2) is 6.26 Å². The zero-order valence-corrected chi connectivity index (χ0v) is 12.0. The third-order valence-corrected chi connectivity index (χ3v) is 3.65. The van der Waals surface area contributed by atoms with E-state index in [4.69, 9.17) is 4.42 Å². The first-order chi connectivity index (χ1) is 8.64. The second-order valence-electron chi connectivity index (χ2n) is 5.43. The van der Waals surface area contributed by atoms with Crippen molar-refractivity contribution in [2.24, 2.45) is 0 Å². The minimum atomic E-state index is -4.40. The second kappa shape index (κ2) is 4.47. The van der Waals surface area contributed by atoms with E-state index in [1.807, 2.05) is 20.8 Å². The molecule has 0 spiro atoms. The second-order valence-corrected chi connectivity index (χ2v) is 6.21. The third-order valence-electron chi connectivity index (χ3n) is 2.99. The molecule has 0 bridgehead atoms. The summed E-state index contributed by atoms with van der Waals surface area (Å²) in [4.78, 5) is 0. The molecule has 19 heavy (non-hydrogen) atoms. The summed E-state index contributed by atoms with van der Waals surface area (Å²) >= 11 is 0.975. The van der Waals surface area contributed by atoms with Gasteiger partial charge in [0.1, 0.15) is 11.1 Å². The van der Waals surface area contributed by atoms with Crippen LogP contribution in [0.3, 0.4) is 0 Å². The van der Waals surface area contributed by atoms with Crippen LogP contribution in [-0.2, 0) is 11.6 Å². The molecule has 1 nitrogen and oxygen atoms in total. The predicted octanol–water partition coefficient (Wildman–Crippen LogP) is 5.47. The Labute approximate surface area is 114 Å². The first kappa shape index (κ1) is 14.3. The molecule has 5 heteroatoms. The van der Waals surface area contributed by atoms with Gasteiger partial charge in [0.2, 0.25) is 0 Å². The predicted molar refractivity (Wildman–Crippen MR) is 71.7 cm³/mol. The summed E-state index contributed by atoms with van der Waals surface area (Å²) in [6, 6.07) is 4.93. The molecule has 0 aliphatic carbocycles. The highest BCUT2D eigenvalue weighted by Gasteiger charge is 2.38. The lowest BCUT2D eigenvalue weighted by Crippen LogP contribution is -2.10. The molecule has 2 aromatic rings. The quantitative estimate of drug-likeness (QED) is 0.645. The lowest BCUT2D eigenvalue weighted by atomic mass is 9.86. The van der Waals surface area contributed by atoms with Crippen molar-refractivity contribution < 1.29 is 17.6 Å². The van der Waals surface area contributed by atoms with Gasteiger partial charge in [-0.25, -0.2) is 0 Å². The molecule has 0 amide bonds. The van der Waals surface area contributed by atoms with Crippen molar-refractivity contribution in [1.29, 1.82) is 0 Å². The van der Waals surface area contributed by atoms with Gasteiger partial charge in [0, 0.05) is 5.39 Å². The third kappa shape index (κ3) is 2.61. The summed E-state index contributed by atoms with van der Waals surface area (Å²) in [5.74, 6) is 0. The highest BCUT2D eigenvalue weighted by molar-refractivity contribution is 7.98. The van der Waals surface area contributed by atoms with Crippen molar-refractivity contribution in [3.63, 3.8) is 0 Å². The molecule has 0 radical (unpaired) electrons. The number of hydrogen-bond acceptors (Lipinski definition) is 2. The fraction of sp³-hybridized carbons (Fsp3) is 0.429. The minimum Gasteiger partial charge on any atom is -0.449 e. The Hall–Kier alpha value is -1.10. The number of halogens is 3. The van der Waals surface area contributed by atoms with Crippen LogP contribution in [0.2, 0.25) is 0 Å². The van der Waals surface area contributed by atoms with Crippen molar-refractivity contribution in [3.8, 4) is 0 Å². The van der Waals surface area contributed by atoms with E-state index in [1.54, 1.807) is 18.4 Å². The lowest BCUT2D eigenvalue weighted by molar-refractivity contribution is -0.139. The molecule has 0 fully saturated rings. The van der Waals surface area contributed by atoms with E-state index < -0.39 is 11.7 Å². The Morgan fingerprint density at radius 2 is 1.74 bits per heavy atom. The van der Waals surface area contributed by atoms with E-state index in [-0.39, 0.29) is 15.9 Å². The molecule has 0 aliphatic rings. The standard InChI is InChI=1S/C14H15F3OS/c1-13(2,3)8-5-6-9-10(7-8)18-12(19-4)11(9)14(15,16)17/h5-7H,1-4H3. The summed E-state index contributed by atoms with van der Waals surface area (Å²) in [5, 5.41) is 0.0541. The van der Waals surface area contributed by atoms with Gasteiger partial charge in [-0.3, -0.25) is 0 Å². The van der Waals surface area contributed by atoms with Crippen molar-refractivity contribution in [2.45, 2.75) is 37.5 Å². The molecule has 0 N–H and O–H groups in total. The summed E-state index contributed by atoms with van der Waals surface area (Å²) in [5.41, 5.74) is 0.452. The molecule has 104 valence electrons. The van der Waals surface area contributed by atoms with Crippen LogP contribution in [0.5, 0.6) is 0 Å². The Morgan fingerprint density at radius 1 is 1.11 bits per heavy atom. The van der Waals surface area contributed by atoms with Gasteiger partial charge in [-0.15, -0.1) is 0 Å². The van der Waals surface area contributed by atoms with Crippen molar-refractivity contribution in [2.75, 3.05) is 6.26 Å². The normalized spacial score (nSPS) is 13.2. The number of thioether (sulfide) groups is 1. The van der Waals surface area contributed by atoms with Gasteiger partial charge in [-0.1, -0.05) is 44.7 Å². The summed E-state index contributed by atoms with van der Waals surface area (Å²) in [7, 11) is 0. The van der Waals surface area contributed by atoms with Gasteiger partial charge in [-0.05, 0) is 23.3 Å². The molecule has 2 rings (SSSR count). The van der Waals surface area contributed by atoms with Crippen molar-refractivity contribution in [3.05, 3.63) is 29.3 Å². The van der Waals surface area contributed by atoms with Crippen LogP contribution < -0.4 is 0 Å². The van der Waals surface area contributed by atoms with E-state index in [2.05, 4.69) is 0 Å². The minimum absolute atomic E-state index is 0.0754. The molecule has 1 heterocycles. The van der Waals surface area contributed by atoms with Crippen LogP contribution in [0.4, 0.5) is 13.2 Å². The number of rotatable bonds is 1. The molecule has 1 aromatic heterocycles. The van der Waals surface area contributed by atoms with Gasteiger partial charge < -0.3 is 4.42 Å². The van der Waals surface area contributed by atoms with Gasteiger partial charge in [-0.2, -0.15) is 13.2 Å². The van der Waals surface area contributed by atoms with E-state index >= 15 is 0 Å². The molecular formula is C14H15F3OS. The van der Waals surface area contributed by atoms with E-state index in [1.165, 1.54) is 6.07 Å². The van der Waals surface area contributed by atoms with Crippen LogP contribution in [0.25, 0.3) is 11.0 Å². The molecule has 1 aromatic carbocycles. The maximum atomic E-state index is 13.1. The van der Waals surface area contributed by atoms with Crippen molar-refractivity contribution >= 4 is 22.7 Å². The Balaban J connectivity index is 2.71. The van der Waals surface area contributed by atoms with E-state index in [0.717, 1.165) is 17.3 Å². The molecule has 0 unspecified atom stereocenters. The Kier molecular flexibility index (Phi) is 3.37. The SMILES string of the molecule is CSc1oc2cc(C(C)(C)C)ccc2c1C(F)(F)F. The monoisotopic (exact) mass is 288 g/mol. The van der Waals surface area contributed by atoms with Crippen LogP contribution >= 0.6 is 11.8 Å². The lowest BCUT2D eigenvalue weighted by Gasteiger charge is -2.18. The van der Waals surface area contributed by atoms with Crippen LogP contribution in [0.15, 0.2) is 27.7 Å². The topological polar surface area (TPSA) is 13.1 Å². The van der Waals surface area contributed by atoms with E-state index in [9.17, 15) is 13.2 Å². The number of hydrogen-bond donors (Lipinski definition) is 0. The molecule has 0 atom stereocenters. The van der Waals surface area contributed by atoms with Gasteiger partial charge in [0.25, 0.3) is 0 Å². The van der Waals surface area contributed by atoms with E-state index in [0.29, 0.717) is 5.58 Å². The molecule has 0 aliphatic heterocycles. The number of alkyl halides is 3. The number of benzene rings is 1. The fourth-order valence-electron chi connectivity index (χ4n) is 1.95. The number of furan rings is 1. The molecular weight excluding hydrogens is 273 g/mol. The first-order valence-corrected chi connectivity index (χ1v) is 7.05. The summed E-state index contributed by atoms with van der Waals surface area (Å²) in [6.07, 6.45) is -2.82. The van der Waals surface area contributed by atoms with Gasteiger partial charge in [0.05, 0.1) is 0 Å².